The van der Waals surface area contributed by atoms with E-state index in [4.69, 9.17) is 11.6 Å². The quantitative estimate of drug-likeness (QED) is 0.738. The van der Waals surface area contributed by atoms with Crippen LogP contribution in [-0.4, -0.2) is 28.3 Å². The number of carbonyl (C=O) groups is 2. The molecule has 0 fully saturated rings. The molecule has 0 saturated carbocycles. The lowest BCUT2D eigenvalue weighted by atomic mass is 10.0. The van der Waals surface area contributed by atoms with Crippen LogP contribution in [0.25, 0.3) is 0 Å². The minimum absolute atomic E-state index is 0.0556. The summed E-state index contributed by atoms with van der Waals surface area (Å²) >= 11 is 5.99. The molecule has 0 radical (unpaired) electrons. The van der Waals surface area contributed by atoms with Crippen LogP contribution in [0.5, 0.6) is 0 Å². The van der Waals surface area contributed by atoms with Crippen molar-refractivity contribution in [1.82, 2.24) is 10.2 Å². The first kappa shape index (κ1) is 22.0. The minimum Gasteiger partial charge on any atom is -0.350 e. The van der Waals surface area contributed by atoms with E-state index in [0.717, 1.165) is 11.1 Å². The lowest BCUT2D eigenvalue weighted by Gasteiger charge is -2.33. The van der Waals surface area contributed by atoms with Gasteiger partial charge in [0.25, 0.3) is 0 Å². The van der Waals surface area contributed by atoms with E-state index in [1.165, 1.54) is 0 Å². The Bertz CT molecular complexity index is 782. The van der Waals surface area contributed by atoms with Gasteiger partial charge in [-0.25, -0.2) is 0 Å². The van der Waals surface area contributed by atoms with Gasteiger partial charge in [0, 0.05) is 29.9 Å². The maximum atomic E-state index is 13.1. The zero-order valence-corrected chi connectivity index (χ0v) is 17.8. The van der Waals surface area contributed by atoms with E-state index in [-0.39, 0.29) is 17.4 Å². The van der Waals surface area contributed by atoms with Crippen LogP contribution in [-0.2, 0) is 22.6 Å². The van der Waals surface area contributed by atoms with Gasteiger partial charge in [-0.2, -0.15) is 0 Å². The van der Waals surface area contributed by atoms with Gasteiger partial charge in [-0.15, -0.1) is 0 Å². The number of carbonyl (C=O) groups excluding carboxylic acids is 2. The molecule has 0 saturated heterocycles. The number of hydrogen-bond acceptors (Lipinski definition) is 2. The van der Waals surface area contributed by atoms with Gasteiger partial charge in [-0.3, -0.25) is 9.59 Å². The van der Waals surface area contributed by atoms with Crippen molar-refractivity contribution in [3.05, 3.63) is 70.7 Å². The Morgan fingerprint density at radius 3 is 2.14 bits per heavy atom. The number of nitrogens with one attached hydrogen (secondary N) is 1. The lowest BCUT2D eigenvalue weighted by Crippen LogP contribution is -2.54. The molecule has 2 aromatic rings. The van der Waals surface area contributed by atoms with Crippen LogP contribution in [0.3, 0.4) is 0 Å². The summed E-state index contributed by atoms with van der Waals surface area (Å²) in [6, 6.07) is 16.6. The summed E-state index contributed by atoms with van der Waals surface area (Å²) in [5.41, 5.74) is 1.57. The van der Waals surface area contributed by atoms with Crippen molar-refractivity contribution in [2.24, 2.45) is 0 Å². The molecule has 1 atom stereocenters. The van der Waals surface area contributed by atoms with Crippen molar-refractivity contribution in [2.75, 3.05) is 0 Å². The molecule has 2 rings (SSSR count). The summed E-state index contributed by atoms with van der Waals surface area (Å²) in [6.07, 6.45) is 0.795. The summed E-state index contributed by atoms with van der Waals surface area (Å²) < 4.78 is 0. The molecule has 0 aliphatic heterocycles. The Kier molecular flexibility index (Phi) is 7.64. The molecule has 150 valence electrons. The van der Waals surface area contributed by atoms with E-state index in [9.17, 15) is 9.59 Å². The maximum Gasteiger partial charge on any atom is 0.243 e. The number of nitrogens with zero attached hydrogens (tertiary/aromatic N) is 1. The van der Waals surface area contributed by atoms with E-state index < -0.39 is 6.04 Å². The minimum atomic E-state index is -0.593. The van der Waals surface area contributed by atoms with Crippen molar-refractivity contribution in [2.45, 2.75) is 58.7 Å². The molecule has 5 heteroatoms. The molecule has 0 heterocycles. The largest absolute Gasteiger partial charge is 0.350 e. The fourth-order valence-electron chi connectivity index (χ4n) is 3.00. The van der Waals surface area contributed by atoms with E-state index in [0.29, 0.717) is 24.4 Å². The molecule has 28 heavy (non-hydrogen) atoms. The molecule has 2 amide bonds. The van der Waals surface area contributed by atoms with Crippen LogP contribution in [0.1, 0.15) is 45.2 Å². The van der Waals surface area contributed by atoms with Gasteiger partial charge < -0.3 is 10.2 Å². The van der Waals surface area contributed by atoms with Gasteiger partial charge in [0.1, 0.15) is 6.04 Å². The van der Waals surface area contributed by atoms with Gasteiger partial charge in [0.15, 0.2) is 0 Å². The van der Waals surface area contributed by atoms with Crippen molar-refractivity contribution in [3.63, 3.8) is 0 Å². The number of rotatable bonds is 7. The predicted octanol–water partition coefficient (Wildman–Crippen LogP) is 4.60. The molecule has 0 spiro atoms. The van der Waals surface area contributed by atoms with Crippen LogP contribution in [0.4, 0.5) is 0 Å². The maximum absolute atomic E-state index is 13.1. The molecule has 4 nitrogen and oxygen atoms in total. The van der Waals surface area contributed by atoms with Crippen LogP contribution in [0.15, 0.2) is 54.6 Å². The summed E-state index contributed by atoms with van der Waals surface area (Å²) in [7, 11) is 0. The first-order valence-corrected chi connectivity index (χ1v) is 9.97. The summed E-state index contributed by atoms with van der Waals surface area (Å²) in [6.45, 7) is 8.00. The highest BCUT2D eigenvalue weighted by Gasteiger charge is 2.31. The topological polar surface area (TPSA) is 49.4 Å². The molecular weight excluding hydrogens is 372 g/mol. The highest BCUT2D eigenvalue weighted by atomic mass is 35.5. The monoisotopic (exact) mass is 400 g/mol. The molecule has 0 aromatic heterocycles. The van der Waals surface area contributed by atoms with Gasteiger partial charge in [0.2, 0.25) is 11.8 Å². The number of benzene rings is 2. The Labute approximate surface area is 172 Å². The molecule has 0 aliphatic rings. The average molecular weight is 401 g/mol. The van der Waals surface area contributed by atoms with Crippen LogP contribution >= 0.6 is 11.6 Å². The third-order valence-corrected chi connectivity index (χ3v) is 4.59. The van der Waals surface area contributed by atoms with Crippen molar-refractivity contribution in [1.29, 1.82) is 0 Å². The predicted molar refractivity (Wildman–Crippen MR) is 114 cm³/mol. The third kappa shape index (κ3) is 6.68. The second kappa shape index (κ2) is 9.74. The second-order valence-corrected chi connectivity index (χ2v) is 8.38. The van der Waals surface area contributed by atoms with E-state index in [1.54, 1.807) is 17.0 Å². The molecule has 0 bridgehead atoms. The van der Waals surface area contributed by atoms with E-state index >= 15 is 0 Å². The average Bonchev–Trinajstić information content (AvgIpc) is 2.65. The summed E-state index contributed by atoms with van der Waals surface area (Å²) in [4.78, 5) is 27.6. The fraction of sp³-hybridized carbons (Fsp3) is 0.391. The van der Waals surface area contributed by atoms with Gasteiger partial charge in [-0.1, -0.05) is 61.0 Å². The standard InChI is InChI=1S/C23H29ClN2O2/c1-5-21(27)26(16-18-11-13-19(24)14-12-18)20(22(28)25-23(2,3)4)15-17-9-7-6-8-10-17/h6-14,20H,5,15-16H2,1-4H3,(H,25,28). The van der Waals surface area contributed by atoms with Gasteiger partial charge in [-0.05, 0) is 44.0 Å². The Morgan fingerprint density at radius 2 is 1.61 bits per heavy atom. The van der Waals surface area contributed by atoms with Gasteiger partial charge in [0.05, 0.1) is 0 Å². The smallest absolute Gasteiger partial charge is 0.243 e. The zero-order valence-electron chi connectivity index (χ0n) is 17.0. The lowest BCUT2D eigenvalue weighted by molar-refractivity contribution is -0.141. The fourth-order valence-corrected chi connectivity index (χ4v) is 3.12. The van der Waals surface area contributed by atoms with Crippen molar-refractivity contribution >= 4 is 23.4 Å². The Hall–Kier alpha value is -2.33. The highest BCUT2D eigenvalue weighted by molar-refractivity contribution is 6.30. The first-order chi connectivity index (χ1) is 13.2. The van der Waals surface area contributed by atoms with Crippen molar-refractivity contribution in [3.8, 4) is 0 Å². The van der Waals surface area contributed by atoms with E-state index in [2.05, 4.69) is 5.32 Å². The first-order valence-electron chi connectivity index (χ1n) is 9.59. The number of hydrogen-bond donors (Lipinski definition) is 1. The number of halogens is 1. The molecule has 0 aliphatic carbocycles. The van der Waals surface area contributed by atoms with Gasteiger partial charge >= 0.3 is 0 Å². The normalized spacial score (nSPS) is 12.3. The van der Waals surface area contributed by atoms with Crippen LogP contribution in [0.2, 0.25) is 5.02 Å². The summed E-state index contributed by atoms with van der Waals surface area (Å²) in [5.74, 6) is -0.202. The van der Waals surface area contributed by atoms with Crippen molar-refractivity contribution < 1.29 is 9.59 Å². The SMILES string of the molecule is CCC(=O)N(Cc1ccc(Cl)cc1)C(Cc1ccccc1)C(=O)NC(C)(C)C. The van der Waals surface area contributed by atoms with E-state index in [1.807, 2.05) is 70.2 Å². The Balaban J connectivity index is 2.36. The Morgan fingerprint density at radius 1 is 1.00 bits per heavy atom. The van der Waals surface area contributed by atoms with Crippen LogP contribution in [0, 0.1) is 0 Å². The molecule has 1 N–H and O–H groups in total. The zero-order chi connectivity index (χ0) is 20.7. The summed E-state index contributed by atoms with van der Waals surface area (Å²) in [5, 5.41) is 3.68. The molecule has 2 aromatic carbocycles. The molecule has 1 unspecified atom stereocenters. The molecular formula is C23H29ClN2O2. The third-order valence-electron chi connectivity index (χ3n) is 4.34. The second-order valence-electron chi connectivity index (χ2n) is 7.95. The van der Waals surface area contributed by atoms with Crippen LogP contribution < -0.4 is 5.32 Å². The number of amides is 2. The highest BCUT2D eigenvalue weighted by Crippen LogP contribution is 2.18.